The van der Waals surface area contributed by atoms with Crippen LogP contribution >= 0.6 is 0 Å². The number of aromatic nitrogens is 2. The van der Waals surface area contributed by atoms with E-state index in [0.717, 1.165) is 42.0 Å². The molecule has 4 rings (SSSR count). The third-order valence-electron chi connectivity index (χ3n) is 6.82. The van der Waals surface area contributed by atoms with Crippen LogP contribution in [0.3, 0.4) is 0 Å². The van der Waals surface area contributed by atoms with Crippen LogP contribution in [-0.2, 0) is 18.4 Å². The van der Waals surface area contributed by atoms with Gasteiger partial charge in [0.25, 0.3) is 5.56 Å². The molecule has 1 aromatic heterocycles. The summed E-state index contributed by atoms with van der Waals surface area (Å²) in [5, 5.41) is 3.06. The molecule has 3 heterocycles. The third-order valence-corrected chi connectivity index (χ3v) is 6.82. The molecule has 0 spiro atoms. The van der Waals surface area contributed by atoms with E-state index in [1.165, 1.54) is 31.6 Å². The van der Waals surface area contributed by atoms with Crippen molar-refractivity contribution >= 4 is 17.4 Å². The lowest BCUT2D eigenvalue weighted by Gasteiger charge is -2.33. The van der Waals surface area contributed by atoms with E-state index < -0.39 is 5.69 Å². The van der Waals surface area contributed by atoms with Crippen molar-refractivity contribution in [2.75, 3.05) is 36.0 Å². The average molecular weight is 440 g/mol. The molecule has 0 bridgehead atoms. The Morgan fingerprint density at radius 3 is 2.47 bits per heavy atom. The van der Waals surface area contributed by atoms with E-state index in [9.17, 15) is 14.4 Å². The second kappa shape index (κ2) is 9.63. The average Bonchev–Trinajstić information content (AvgIpc) is 2.81. The van der Waals surface area contributed by atoms with Gasteiger partial charge >= 0.3 is 5.69 Å². The Bertz CT molecular complexity index is 1020. The largest absolute Gasteiger partial charge is 0.372 e. The van der Waals surface area contributed by atoms with Crippen LogP contribution in [-0.4, -0.2) is 41.6 Å². The van der Waals surface area contributed by atoms with Crippen LogP contribution in [0.25, 0.3) is 0 Å². The van der Waals surface area contributed by atoms with Crippen LogP contribution in [0, 0.1) is 11.8 Å². The first kappa shape index (κ1) is 22.2. The lowest BCUT2D eigenvalue weighted by atomic mass is 9.97. The van der Waals surface area contributed by atoms with E-state index >= 15 is 0 Å². The standard InChI is InChI=1S/C24H33N5O3/c1-17-9-12-28(13-10-17)20-7-5-18(6-8-20)15-25-23(31)19-4-3-11-29(16-19)21-14-22(30)27(2)24(32)26-21/h5-8,14,17,19H,3-4,9-13,15-16H2,1-2H3,(H,25,31)(H,26,32). The maximum Gasteiger partial charge on any atom is 0.329 e. The SMILES string of the molecule is CC1CCN(c2ccc(CNC(=O)C3CCCN(c4cc(=O)n(C)c(=O)[nH]4)C3)cc2)CC1. The summed E-state index contributed by atoms with van der Waals surface area (Å²) in [7, 11) is 1.44. The number of hydrogen-bond donors (Lipinski definition) is 2. The Kier molecular flexibility index (Phi) is 6.67. The van der Waals surface area contributed by atoms with Crippen LogP contribution in [0.4, 0.5) is 11.5 Å². The van der Waals surface area contributed by atoms with Gasteiger partial charge in [-0.15, -0.1) is 0 Å². The highest BCUT2D eigenvalue weighted by molar-refractivity contribution is 5.79. The fourth-order valence-corrected chi connectivity index (χ4v) is 4.55. The van der Waals surface area contributed by atoms with Crippen LogP contribution < -0.4 is 26.4 Å². The molecule has 0 radical (unpaired) electrons. The lowest BCUT2D eigenvalue weighted by molar-refractivity contribution is -0.125. The zero-order valence-corrected chi connectivity index (χ0v) is 19.0. The summed E-state index contributed by atoms with van der Waals surface area (Å²) in [5.41, 5.74) is 1.54. The molecule has 0 aliphatic carbocycles. The molecule has 2 fully saturated rings. The van der Waals surface area contributed by atoms with Gasteiger partial charge in [0.15, 0.2) is 0 Å². The first-order valence-corrected chi connectivity index (χ1v) is 11.6. The van der Waals surface area contributed by atoms with E-state index in [0.29, 0.717) is 25.5 Å². The van der Waals surface area contributed by atoms with Crippen LogP contribution in [0.1, 0.15) is 38.2 Å². The highest BCUT2D eigenvalue weighted by atomic mass is 16.2. The van der Waals surface area contributed by atoms with Gasteiger partial charge in [-0.3, -0.25) is 19.1 Å². The van der Waals surface area contributed by atoms with E-state index in [2.05, 4.69) is 46.4 Å². The minimum atomic E-state index is -0.443. The molecular weight excluding hydrogens is 406 g/mol. The fraction of sp³-hybridized carbons (Fsp3) is 0.542. The van der Waals surface area contributed by atoms with Crippen LogP contribution in [0.5, 0.6) is 0 Å². The Morgan fingerprint density at radius 1 is 1.06 bits per heavy atom. The molecule has 1 unspecified atom stereocenters. The summed E-state index contributed by atoms with van der Waals surface area (Å²) < 4.78 is 1.04. The van der Waals surface area contributed by atoms with Gasteiger partial charge in [0.1, 0.15) is 5.82 Å². The first-order valence-electron chi connectivity index (χ1n) is 11.6. The highest BCUT2D eigenvalue weighted by Gasteiger charge is 2.26. The van der Waals surface area contributed by atoms with Gasteiger partial charge < -0.3 is 15.1 Å². The Hall–Kier alpha value is -3.03. The molecule has 1 aromatic carbocycles. The Balaban J connectivity index is 1.32. The lowest BCUT2D eigenvalue weighted by Crippen LogP contribution is -2.44. The van der Waals surface area contributed by atoms with Gasteiger partial charge in [-0.2, -0.15) is 0 Å². The monoisotopic (exact) mass is 439 g/mol. The maximum atomic E-state index is 12.8. The van der Waals surface area contributed by atoms with Crippen molar-refractivity contribution in [3.63, 3.8) is 0 Å². The van der Waals surface area contributed by atoms with Crippen molar-refractivity contribution in [2.24, 2.45) is 18.9 Å². The molecule has 32 heavy (non-hydrogen) atoms. The highest BCUT2D eigenvalue weighted by Crippen LogP contribution is 2.24. The number of carbonyl (C=O) groups excluding carboxylic acids is 1. The van der Waals surface area contributed by atoms with Gasteiger partial charge in [-0.25, -0.2) is 4.79 Å². The number of piperidine rings is 2. The van der Waals surface area contributed by atoms with E-state index in [4.69, 9.17) is 0 Å². The predicted molar refractivity (Wildman–Crippen MR) is 126 cm³/mol. The van der Waals surface area contributed by atoms with Gasteiger partial charge in [-0.05, 0) is 49.3 Å². The molecule has 2 N–H and O–H groups in total. The van der Waals surface area contributed by atoms with Crippen molar-refractivity contribution in [1.29, 1.82) is 0 Å². The Morgan fingerprint density at radius 2 is 1.78 bits per heavy atom. The molecule has 8 nitrogen and oxygen atoms in total. The summed E-state index contributed by atoms with van der Waals surface area (Å²) in [6, 6.07) is 9.89. The Labute approximate surface area is 188 Å². The zero-order chi connectivity index (χ0) is 22.7. The zero-order valence-electron chi connectivity index (χ0n) is 19.0. The normalized spacial score (nSPS) is 19.8. The molecule has 2 aliphatic rings. The number of carbonyl (C=O) groups is 1. The second-order valence-electron chi connectivity index (χ2n) is 9.20. The smallest absolute Gasteiger partial charge is 0.329 e. The topological polar surface area (TPSA) is 90.4 Å². The summed E-state index contributed by atoms with van der Waals surface area (Å²) in [6.07, 6.45) is 4.10. The summed E-state index contributed by atoms with van der Waals surface area (Å²) in [5.74, 6) is 1.13. The van der Waals surface area contributed by atoms with Crippen molar-refractivity contribution in [2.45, 2.75) is 39.2 Å². The number of nitrogens with one attached hydrogen (secondary N) is 2. The molecule has 1 atom stereocenters. The molecule has 2 saturated heterocycles. The molecule has 1 amide bonds. The molecular formula is C24H33N5O3. The quantitative estimate of drug-likeness (QED) is 0.742. The summed E-state index contributed by atoms with van der Waals surface area (Å²) in [4.78, 5) is 43.8. The summed E-state index contributed by atoms with van der Waals surface area (Å²) in [6.45, 7) is 6.22. The van der Waals surface area contributed by atoms with Gasteiger partial charge in [0.05, 0.1) is 5.92 Å². The minimum Gasteiger partial charge on any atom is -0.372 e. The molecule has 172 valence electrons. The second-order valence-corrected chi connectivity index (χ2v) is 9.20. The van der Waals surface area contributed by atoms with Crippen LogP contribution in [0.2, 0.25) is 0 Å². The van der Waals surface area contributed by atoms with E-state index in [-0.39, 0.29) is 17.4 Å². The number of hydrogen-bond acceptors (Lipinski definition) is 5. The number of anilines is 2. The van der Waals surface area contributed by atoms with Crippen molar-refractivity contribution in [3.05, 3.63) is 56.7 Å². The van der Waals surface area contributed by atoms with Crippen LogP contribution in [0.15, 0.2) is 39.9 Å². The maximum absolute atomic E-state index is 12.8. The van der Waals surface area contributed by atoms with Crippen molar-refractivity contribution < 1.29 is 4.79 Å². The molecule has 0 saturated carbocycles. The number of benzene rings is 1. The molecule has 2 aromatic rings. The van der Waals surface area contributed by atoms with Crippen molar-refractivity contribution in [1.82, 2.24) is 14.9 Å². The van der Waals surface area contributed by atoms with Gasteiger partial charge in [0, 0.05) is 51.5 Å². The number of amides is 1. The number of rotatable bonds is 5. The van der Waals surface area contributed by atoms with E-state index in [1.54, 1.807) is 0 Å². The fourth-order valence-electron chi connectivity index (χ4n) is 4.55. The minimum absolute atomic E-state index is 0.00924. The number of nitrogens with zero attached hydrogens (tertiary/aromatic N) is 3. The molecule has 8 heteroatoms. The predicted octanol–water partition coefficient (Wildman–Crippen LogP) is 1.84. The van der Waals surface area contributed by atoms with Crippen molar-refractivity contribution in [3.8, 4) is 0 Å². The third kappa shape index (κ3) is 5.06. The van der Waals surface area contributed by atoms with Gasteiger partial charge in [-0.1, -0.05) is 19.1 Å². The molecule has 2 aliphatic heterocycles. The number of H-pyrrole nitrogens is 1. The van der Waals surface area contributed by atoms with E-state index in [1.807, 2.05) is 4.90 Å². The first-order chi connectivity index (χ1) is 15.4. The summed E-state index contributed by atoms with van der Waals surface area (Å²) >= 11 is 0. The number of aromatic amines is 1. The van der Waals surface area contributed by atoms with Gasteiger partial charge in [0.2, 0.25) is 5.91 Å².